The molecule has 1 amide bonds. The molecule has 2 rings (SSSR count). The molecule has 1 aliphatic heterocycles. The number of nitro groups is 1. The number of methoxy groups -OCH3 is 1. The summed E-state index contributed by atoms with van der Waals surface area (Å²) in [6.45, 7) is 0.750. The lowest BCUT2D eigenvalue weighted by atomic mass is 10.1. The van der Waals surface area contributed by atoms with Crippen molar-refractivity contribution in [2.24, 2.45) is 11.7 Å². The first-order valence-corrected chi connectivity index (χ1v) is 6.35. The molecule has 21 heavy (non-hydrogen) atoms. The molecule has 1 atom stereocenters. The van der Waals surface area contributed by atoms with Crippen molar-refractivity contribution >= 4 is 23.3 Å². The average Bonchev–Trinajstić information content (AvgIpc) is 2.86. The zero-order valence-electron chi connectivity index (χ0n) is 11.4. The lowest BCUT2D eigenvalue weighted by molar-refractivity contribution is -0.384. The summed E-state index contributed by atoms with van der Waals surface area (Å²) in [5.41, 5.74) is 5.64. The minimum Gasteiger partial charge on any atom is -0.465 e. The van der Waals surface area contributed by atoms with Gasteiger partial charge in [-0.05, 0) is 18.5 Å². The maximum absolute atomic E-state index is 12.0. The van der Waals surface area contributed by atoms with E-state index in [1.165, 1.54) is 24.1 Å². The molecule has 8 heteroatoms. The third-order valence-corrected chi connectivity index (χ3v) is 3.43. The molecule has 2 N–H and O–H groups in total. The van der Waals surface area contributed by atoms with Gasteiger partial charge in [0.2, 0.25) is 5.91 Å². The predicted octanol–water partition coefficient (Wildman–Crippen LogP) is 0.693. The van der Waals surface area contributed by atoms with E-state index >= 15 is 0 Å². The second-order valence-corrected chi connectivity index (χ2v) is 4.76. The molecule has 1 heterocycles. The molecular formula is C13H15N3O5. The van der Waals surface area contributed by atoms with Crippen LogP contribution in [0, 0.1) is 16.0 Å². The Labute approximate surface area is 120 Å². The molecule has 1 aromatic carbocycles. The third-order valence-electron chi connectivity index (χ3n) is 3.43. The molecule has 0 aromatic heterocycles. The molecule has 0 bridgehead atoms. The van der Waals surface area contributed by atoms with Crippen molar-refractivity contribution in [3.05, 3.63) is 33.9 Å². The summed E-state index contributed by atoms with van der Waals surface area (Å²) < 4.78 is 4.64. The second kappa shape index (κ2) is 5.88. The Balaban J connectivity index is 2.45. The molecule has 1 aliphatic rings. The lowest BCUT2D eigenvalue weighted by Gasteiger charge is -2.19. The SMILES string of the molecule is COC(=O)c1cc([N+](=O)[O-])ccc1N1CC(CN)CC1=O. The van der Waals surface area contributed by atoms with Gasteiger partial charge in [-0.2, -0.15) is 0 Å². The van der Waals surface area contributed by atoms with Crippen LogP contribution in [-0.2, 0) is 9.53 Å². The van der Waals surface area contributed by atoms with E-state index in [0.29, 0.717) is 25.2 Å². The number of nitrogens with two attached hydrogens (primary N) is 1. The smallest absolute Gasteiger partial charge is 0.340 e. The van der Waals surface area contributed by atoms with Crippen LogP contribution in [0.25, 0.3) is 0 Å². The highest BCUT2D eigenvalue weighted by Crippen LogP contribution is 2.30. The standard InChI is InChI=1S/C13H15N3O5/c1-21-13(18)10-5-9(16(19)20)2-3-11(10)15-7-8(6-14)4-12(15)17/h2-3,5,8H,4,6-7,14H2,1H3. The number of nitrogens with zero attached hydrogens (tertiary/aromatic N) is 2. The second-order valence-electron chi connectivity index (χ2n) is 4.76. The van der Waals surface area contributed by atoms with Crippen LogP contribution in [0.5, 0.6) is 0 Å². The number of esters is 1. The Morgan fingerprint density at radius 1 is 1.57 bits per heavy atom. The summed E-state index contributed by atoms with van der Waals surface area (Å²) in [4.78, 5) is 35.5. The van der Waals surface area contributed by atoms with Gasteiger partial charge in [0.15, 0.2) is 0 Å². The van der Waals surface area contributed by atoms with Gasteiger partial charge < -0.3 is 15.4 Å². The number of non-ortho nitro benzene ring substituents is 1. The fraction of sp³-hybridized carbons (Fsp3) is 0.385. The van der Waals surface area contributed by atoms with E-state index in [0.717, 1.165) is 6.07 Å². The van der Waals surface area contributed by atoms with Crippen LogP contribution in [0.4, 0.5) is 11.4 Å². The minimum atomic E-state index is -0.724. The van der Waals surface area contributed by atoms with Crippen LogP contribution in [0.3, 0.4) is 0 Å². The van der Waals surface area contributed by atoms with Gasteiger partial charge in [-0.3, -0.25) is 14.9 Å². The van der Waals surface area contributed by atoms with Crippen molar-refractivity contribution in [2.45, 2.75) is 6.42 Å². The Kier molecular flexibility index (Phi) is 4.18. The van der Waals surface area contributed by atoms with Crippen molar-refractivity contribution in [2.75, 3.05) is 25.1 Å². The van der Waals surface area contributed by atoms with Gasteiger partial charge >= 0.3 is 5.97 Å². The normalized spacial score (nSPS) is 17.9. The number of hydrogen-bond acceptors (Lipinski definition) is 6. The number of hydrogen-bond donors (Lipinski definition) is 1. The molecule has 112 valence electrons. The van der Waals surface area contributed by atoms with Gasteiger partial charge in [-0.25, -0.2) is 4.79 Å². The third kappa shape index (κ3) is 2.84. The molecule has 1 aromatic rings. The van der Waals surface area contributed by atoms with Gasteiger partial charge in [0.25, 0.3) is 5.69 Å². The van der Waals surface area contributed by atoms with Gasteiger partial charge in [0.1, 0.15) is 0 Å². The Hall–Kier alpha value is -2.48. The first-order chi connectivity index (χ1) is 9.97. The molecule has 1 fully saturated rings. The summed E-state index contributed by atoms with van der Waals surface area (Å²) >= 11 is 0. The monoisotopic (exact) mass is 293 g/mol. The van der Waals surface area contributed by atoms with Gasteiger partial charge in [0.05, 0.1) is 23.3 Å². The maximum Gasteiger partial charge on any atom is 0.340 e. The quantitative estimate of drug-likeness (QED) is 0.496. The highest BCUT2D eigenvalue weighted by Gasteiger charge is 2.32. The molecule has 1 unspecified atom stereocenters. The largest absolute Gasteiger partial charge is 0.465 e. The van der Waals surface area contributed by atoms with Crippen LogP contribution in [0.1, 0.15) is 16.8 Å². The number of ether oxygens (including phenoxy) is 1. The number of nitro benzene ring substituents is 1. The van der Waals surface area contributed by atoms with Crippen LogP contribution in [0.2, 0.25) is 0 Å². The summed E-state index contributed by atoms with van der Waals surface area (Å²) in [5, 5.41) is 10.8. The number of benzene rings is 1. The van der Waals surface area contributed by atoms with Crippen LogP contribution < -0.4 is 10.6 Å². The maximum atomic E-state index is 12.0. The molecule has 0 radical (unpaired) electrons. The summed E-state index contributed by atoms with van der Waals surface area (Å²) in [7, 11) is 1.18. The van der Waals surface area contributed by atoms with E-state index in [2.05, 4.69) is 4.74 Å². The topological polar surface area (TPSA) is 116 Å². The Bertz CT molecular complexity index is 601. The highest BCUT2D eigenvalue weighted by molar-refractivity contribution is 6.04. The van der Waals surface area contributed by atoms with Crippen molar-refractivity contribution in [3.63, 3.8) is 0 Å². The molecular weight excluding hydrogens is 278 g/mol. The van der Waals surface area contributed by atoms with Gasteiger partial charge in [-0.15, -0.1) is 0 Å². The van der Waals surface area contributed by atoms with E-state index < -0.39 is 10.9 Å². The van der Waals surface area contributed by atoms with Crippen LogP contribution in [0.15, 0.2) is 18.2 Å². The van der Waals surface area contributed by atoms with Gasteiger partial charge in [0, 0.05) is 25.1 Å². The van der Waals surface area contributed by atoms with Crippen LogP contribution in [-0.4, -0.2) is 37.0 Å². The molecule has 0 spiro atoms. The van der Waals surface area contributed by atoms with Gasteiger partial charge in [-0.1, -0.05) is 0 Å². The first kappa shape index (κ1) is 14.9. The number of carbonyl (C=O) groups excluding carboxylic acids is 2. The van der Waals surface area contributed by atoms with E-state index in [1.54, 1.807) is 0 Å². The van der Waals surface area contributed by atoms with Crippen molar-refractivity contribution in [1.82, 2.24) is 0 Å². The van der Waals surface area contributed by atoms with E-state index in [1.807, 2.05) is 0 Å². The molecule has 8 nitrogen and oxygen atoms in total. The van der Waals surface area contributed by atoms with E-state index in [4.69, 9.17) is 5.73 Å². The summed E-state index contributed by atoms with van der Waals surface area (Å²) in [5.74, 6) is -0.875. The van der Waals surface area contributed by atoms with E-state index in [-0.39, 0.29) is 23.1 Å². The first-order valence-electron chi connectivity index (χ1n) is 6.35. The predicted molar refractivity (Wildman–Crippen MR) is 74.0 cm³/mol. The van der Waals surface area contributed by atoms with E-state index in [9.17, 15) is 19.7 Å². The zero-order chi connectivity index (χ0) is 15.6. The average molecular weight is 293 g/mol. The summed E-state index contributed by atoms with van der Waals surface area (Å²) in [6, 6.07) is 3.76. The Morgan fingerprint density at radius 2 is 2.29 bits per heavy atom. The molecule has 0 saturated carbocycles. The number of carbonyl (C=O) groups is 2. The minimum absolute atomic E-state index is 0.00211. The van der Waals surface area contributed by atoms with Crippen LogP contribution >= 0.6 is 0 Å². The summed E-state index contributed by atoms with van der Waals surface area (Å²) in [6.07, 6.45) is 0.300. The number of anilines is 1. The zero-order valence-corrected chi connectivity index (χ0v) is 11.4. The molecule has 0 aliphatic carbocycles. The number of rotatable bonds is 4. The highest BCUT2D eigenvalue weighted by atomic mass is 16.6. The van der Waals surface area contributed by atoms with Crippen molar-refractivity contribution in [3.8, 4) is 0 Å². The van der Waals surface area contributed by atoms with Crippen molar-refractivity contribution in [1.29, 1.82) is 0 Å². The van der Waals surface area contributed by atoms with Crippen molar-refractivity contribution < 1.29 is 19.2 Å². The Morgan fingerprint density at radius 3 is 2.81 bits per heavy atom. The fourth-order valence-corrected chi connectivity index (χ4v) is 2.32. The molecule has 1 saturated heterocycles. The lowest BCUT2D eigenvalue weighted by Crippen LogP contribution is -2.27. The number of amides is 1. The fourth-order valence-electron chi connectivity index (χ4n) is 2.32.